The molecule has 1 aromatic heterocycles. The van der Waals surface area contributed by atoms with E-state index in [0.717, 1.165) is 11.4 Å². The van der Waals surface area contributed by atoms with Gasteiger partial charge in [-0.05, 0) is 59.2 Å². The number of aryl methyl sites for hydroxylation is 1. The summed E-state index contributed by atoms with van der Waals surface area (Å²) in [7, 11) is 1.91. The number of aliphatic carboxylic acids is 1. The lowest BCUT2D eigenvalue weighted by Gasteiger charge is -2.15. The molecule has 2 heterocycles. The molecule has 1 aliphatic rings. The minimum Gasteiger partial charge on any atom is -0.481 e. The Morgan fingerprint density at radius 3 is 2.66 bits per heavy atom. The average Bonchev–Trinajstić information content (AvgIpc) is 3.39. The van der Waals surface area contributed by atoms with Gasteiger partial charge in [0, 0.05) is 30.7 Å². The summed E-state index contributed by atoms with van der Waals surface area (Å²) in [5, 5.41) is 12.0. The van der Waals surface area contributed by atoms with Crippen LogP contribution in [-0.4, -0.2) is 32.2 Å². The molecule has 0 fully saturated rings. The first-order valence-electron chi connectivity index (χ1n) is 11.0. The Labute approximate surface area is 200 Å². The van der Waals surface area contributed by atoms with Gasteiger partial charge < -0.3 is 15.0 Å². The zero-order chi connectivity index (χ0) is 24.5. The Morgan fingerprint density at radius 1 is 1.14 bits per heavy atom. The number of carbonyl (C=O) groups excluding carboxylic acids is 1. The van der Waals surface area contributed by atoms with Gasteiger partial charge in [-0.1, -0.05) is 24.3 Å². The first kappa shape index (κ1) is 22.2. The van der Waals surface area contributed by atoms with Gasteiger partial charge in [0.05, 0.1) is 17.8 Å². The lowest BCUT2D eigenvalue weighted by Crippen LogP contribution is -2.22. The zero-order valence-corrected chi connectivity index (χ0v) is 18.8. The molecular formula is C27H21FN4O3. The third-order valence-electron chi connectivity index (χ3n) is 5.89. The third kappa shape index (κ3) is 4.46. The summed E-state index contributed by atoms with van der Waals surface area (Å²) in [6, 6.07) is 18.6. The SMILES string of the molecule is Cn1ccnc1-c1ccc(N=C(c2cccc(CC(=O)O)c2)C2C(=O)Nc3cc(F)ccc32)cc1. The number of carboxylic acid groups (broad SMARTS) is 1. The number of fused-ring (bicyclic) bond motifs is 1. The summed E-state index contributed by atoms with van der Waals surface area (Å²) in [6.07, 6.45) is 3.43. The van der Waals surface area contributed by atoms with E-state index in [4.69, 9.17) is 4.99 Å². The van der Waals surface area contributed by atoms with Crippen molar-refractivity contribution >= 4 is 29.0 Å². The number of benzene rings is 3. The maximum absolute atomic E-state index is 13.8. The lowest BCUT2D eigenvalue weighted by molar-refractivity contribution is -0.136. The molecule has 174 valence electrons. The monoisotopic (exact) mass is 468 g/mol. The van der Waals surface area contributed by atoms with Gasteiger partial charge in [0.25, 0.3) is 0 Å². The molecule has 35 heavy (non-hydrogen) atoms. The number of imidazole rings is 1. The smallest absolute Gasteiger partial charge is 0.307 e. The first-order chi connectivity index (χ1) is 16.9. The fraction of sp³-hybridized carbons (Fsp3) is 0.111. The molecule has 0 bridgehead atoms. The fourth-order valence-corrected chi connectivity index (χ4v) is 4.28. The van der Waals surface area contributed by atoms with E-state index in [9.17, 15) is 19.1 Å². The Hall–Kier alpha value is -4.59. The maximum atomic E-state index is 13.8. The predicted octanol–water partition coefficient (Wildman–Crippen LogP) is 4.71. The molecular weight excluding hydrogens is 447 g/mol. The van der Waals surface area contributed by atoms with Gasteiger partial charge >= 0.3 is 5.97 Å². The molecule has 0 spiro atoms. The number of halogens is 1. The summed E-state index contributed by atoms with van der Waals surface area (Å²) in [5.41, 5.74) is 4.21. The van der Waals surface area contributed by atoms with Crippen molar-refractivity contribution in [1.82, 2.24) is 9.55 Å². The number of aliphatic imine (C=N–C) groups is 1. The van der Waals surface area contributed by atoms with Gasteiger partial charge in [-0.3, -0.25) is 14.6 Å². The van der Waals surface area contributed by atoms with Gasteiger partial charge in [-0.2, -0.15) is 0 Å². The van der Waals surface area contributed by atoms with Gasteiger partial charge in [0.2, 0.25) is 5.91 Å². The number of amides is 1. The predicted molar refractivity (Wildman–Crippen MR) is 130 cm³/mol. The third-order valence-corrected chi connectivity index (χ3v) is 5.89. The number of hydrogen-bond acceptors (Lipinski definition) is 4. The van der Waals surface area contributed by atoms with E-state index in [0.29, 0.717) is 33.8 Å². The fourth-order valence-electron chi connectivity index (χ4n) is 4.28. The molecule has 0 saturated heterocycles. The van der Waals surface area contributed by atoms with E-state index in [1.54, 1.807) is 36.5 Å². The molecule has 8 heteroatoms. The van der Waals surface area contributed by atoms with Crippen LogP contribution in [0.4, 0.5) is 15.8 Å². The van der Waals surface area contributed by atoms with Crippen molar-refractivity contribution in [3.63, 3.8) is 0 Å². The molecule has 3 aromatic carbocycles. The van der Waals surface area contributed by atoms with Crippen molar-refractivity contribution in [2.24, 2.45) is 12.0 Å². The number of nitrogens with zero attached hydrogens (tertiary/aromatic N) is 3. The molecule has 1 amide bonds. The minimum atomic E-state index is -0.954. The number of aromatic nitrogens is 2. The standard InChI is InChI=1S/C27H21FN4O3/c1-32-12-11-29-26(32)17-5-8-20(9-6-17)30-25(18-4-2-3-16(13-18)14-23(33)34)24-21-10-7-19(28)15-22(21)31-27(24)35/h2-13,15,24H,14H2,1H3,(H,31,35)(H,33,34). The topological polar surface area (TPSA) is 96.6 Å². The van der Waals surface area contributed by atoms with Gasteiger partial charge in [-0.15, -0.1) is 0 Å². The largest absolute Gasteiger partial charge is 0.481 e. The number of nitrogens with one attached hydrogen (secondary N) is 1. The Morgan fingerprint density at radius 2 is 1.94 bits per heavy atom. The Bertz CT molecular complexity index is 1470. The second-order valence-electron chi connectivity index (χ2n) is 8.33. The van der Waals surface area contributed by atoms with Crippen molar-refractivity contribution < 1.29 is 19.1 Å². The summed E-state index contributed by atoms with van der Waals surface area (Å²) < 4.78 is 15.7. The van der Waals surface area contributed by atoms with Gasteiger partial charge in [-0.25, -0.2) is 9.37 Å². The second kappa shape index (κ2) is 8.98. The molecule has 2 N–H and O–H groups in total. The van der Waals surface area contributed by atoms with E-state index in [1.165, 1.54) is 12.1 Å². The normalized spacial score (nSPS) is 15.1. The summed E-state index contributed by atoms with van der Waals surface area (Å²) in [6.45, 7) is 0. The van der Waals surface area contributed by atoms with E-state index in [1.807, 2.05) is 42.1 Å². The number of anilines is 1. The highest BCUT2D eigenvalue weighted by Crippen LogP contribution is 2.37. The van der Waals surface area contributed by atoms with E-state index in [-0.39, 0.29) is 12.3 Å². The minimum absolute atomic E-state index is 0.155. The highest BCUT2D eigenvalue weighted by molar-refractivity contribution is 6.24. The highest BCUT2D eigenvalue weighted by atomic mass is 19.1. The molecule has 7 nitrogen and oxygen atoms in total. The summed E-state index contributed by atoms with van der Waals surface area (Å²) >= 11 is 0. The second-order valence-corrected chi connectivity index (χ2v) is 8.33. The van der Waals surface area contributed by atoms with Crippen LogP contribution in [0.5, 0.6) is 0 Å². The van der Waals surface area contributed by atoms with Crippen LogP contribution in [0.1, 0.15) is 22.6 Å². The first-order valence-corrected chi connectivity index (χ1v) is 11.0. The highest BCUT2D eigenvalue weighted by Gasteiger charge is 2.35. The van der Waals surface area contributed by atoms with Gasteiger partial charge in [0.15, 0.2) is 0 Å². The molecule has 4 aromatic rings. The maximum Gasteiger partial charge on any atom is 0.307 e. The van der Waals surface area contributed by atoms with Crippen molar-refractivity contribution in [2.75, 3.05) is 5.32 Å². The molecule has 5 rings (SSSR count). The van der Waals surface area contributed by atoms with Crippen LogP contribution in [0.25, 0.3) is 11.4 Å². The van der Waals surface area contributed by atoms with Crippen molar-refractivity contribution in [3.05, 3.63) is 102 Å². The van der Waals surface area contributed by atoms with Crippen LogP contribution in [0.3, 0.4) is 0 Å². The van der Waals surface area contributed by atoms with Crippen LogP contribution in [0.2, 0.25) is 0 Å². The van der Waals surface area contributed by atoms with Crippen LogP contribution in [0.15, 0.2) is 84.1 Å². The molecule has 0 radical (unpaired) electrons. The quantitative estimate of drug-likeness (QED) is 0.401. The number of rotatable bonds is 6. The molecule has 1 aliphatic heterocycles. The number of carboxylic acids is 1. The Kier molecular flexibility index (Phi) is 5.70. The van der Waals surface area contributed by atoms with Crippen LogP contribution in [0, 0.1) is 5.82 Å². The van der Waals surface area contributed by atoms with Crippen LogP contribution >= 0.6 is 0 Å². The Balaban J connectivity index is 1.61. The number of hydrogen-bond donors (Lipinski definition) is 2. The van der Waals surface area contributed by atoms with Gasteiger partial charge in [0.1, 0.15) is 17.6 Å². The van der Waals surface area contributed by atoms with E-state index < -0.39 is 17.7 Å². The lowest BCUT2D eigenvalue weighted by atomic mass is 9.89. The average molecular weight is 468 g/mol. The van der Waals surface area contributed by atoms with Crippen molar-refractivity contribution in [3.8, 4) is 11.4 Å². The van der Waals surface area contributed by atoms with Crippen molar-refractivity contribution in [1.29, 1.82) is 0 Å². The molecule has 0 aliphatic carbocycles. The molecule has 1 unspecified atom stereocenters. The van der Waals surface area contributed by atoms with Crippen LogP contribution in [-0.2, 0) is 23.1 Å². The summed E-state index contributed by atoms with van der Waals surface area (Å²) in [4.78, 5) is 33.5. The zero-order valence-electron chi connectivity index (χ0n) is 18.8. The molecule has 0 saturated carbocycles. The molecule has 1 atom stereocenters. The van der Waals surface area contributed by atoms with E-state index in [2.05, 4.69) is 10.3 Å². The van der Waals surface area contributed by atoms with Crippen molar-refractivity contribution in [2.45, 2.75) is 12.3 Å². The van der Waals surface area contributed by atoms with E-state index >= 15 is 0 Å². The summed E-state index contributed by atoms with van der Waals surface area (Å²) in [5.74, 6) is -1.69. The number of carbonyl (C=O) groups is 2. The van der Waals surface area contributed by atoms with Crippen LogP contribution < -0.4 is 5.32 Å².